The Morgan fingerprint density at radius 3 is 2.42 bits per heavy atom. The van der Waals surface area contributed by atoms with Gasteiger partial charge in [-0.1, -0.05) is 12.1 Å². The zero-order valence-corrected chi connectivity index (χ0v) is 14.1. The number of aliphatic hydroxyl groups excluding tert-OH is 1. The topological polar surface area (TPSA) is 61.8 Å². The van der Waals surface area contributed by atoms with Crippen molar-refractivity contribution in [2.75, 3.05) is 20.2 Å². The van der Waals surface area contributed by atoms with E-state index in [4.69, 9.17) is 4.74 Å². The van der Waals surface area contributed by atoms with Gasteiger partial charge in [-0.2, -0.15) is 13.2 Å². The molecule has 0 aromatic heterocycles. The van der Waals surface area contributed by atoms with E-state index in [0.29, 0.717) is 0 Å². The number of urea groups is 1. The van der Waals surface area contributed by atoms with Crippen LogP contribution in [0.4, 0.5) is 18.0 Å². The van der Waals surface area contributed by atoms with E-state index in [1.807, 2.05) is 20.8 Å². The Bertz CT molecular complexity index is 556. The van der Waals surface area contributed by atoms with Crippen molar-refractivity contribution < 1.29 is 27.8 Å². The van der Waals surface area contributed by atoms with Crippen LogP contribution >= 0.6 is 0 Å². The molecule has 0 saturated heterocycles. The van der Waals surface area contributed by atoms with E-state index in [-0.39, 0.29) is 18.9 Å². The van der Waals surface area contributed by atoms with Crippen LogP contribution < -0.4 is 10.1 Å². The summed E-state index contributed by atoms with van der Waals surface area (Å²) >= 11 is 0. The van der Waals surface area contributed by atoms with Crippen LogP contribution in [0.3, 0.4) is 0 Å². The number of nitrogens with one attached hydrogen (secondary N) is 1. The number of aliphatic hydroxyl groups is 1. The Morgan fingerprint density at radius 1 is 1.29 bits per heavy atom. The van der Waals surface area contributed by atoms with Gasteiger partial charge in [0.1, 0.15) is 18.5 Å². The zero-order valence-electron chi connectivity index (χ0n) is 14.1. The minimum atomic E-state index is -4.54. The van der Waals surface area contributed by atoms with Crippen LogP contribution in [0.1, 0.15) is 26.3 Å². The van der Waals surface area contributed by atoms with Crippen molar-refractivity contribution in [1.82, 2.24) is 10.2 Å². The molecule has 24 heavy (non-hydrogen) atoms. The van der Waals surface area contributed by atoms with Crippen LogP contribution in [-0.4, -0.2) is 47.9 Å². The van der Waals surface area contributed by atoms with E-state index in [1.54, 1.807) is 0 Å². The monoisotopic (exact) mass is 348 g/mol. The summed E-state index contributed by atoms with van der Waals surface area (Å²) in [4.78, 5) is 13.1. The van der Waals surface area contributed by atoms with E-state index < -0.39 is 29.4 Å². The highest BCUT2D eigenvalue weighted by Gasteiger charge is 2.34. The summed E-state index contributed by atoms with van der Waals surface area (Å²) in [7, 11) is 1.48. The summed E-state index contributed by atoms with van der Waals surface area (Å²) in [6, 6.07) is 4.38. The van der Waals surface area contributed by atoms with Crippen LogP contribution in [0.15, 0.2) is 24.3 Å². The number of alkyl halides is 3. The van der Waals surface area contributed by atoms with Gasteiger partial charge in [-0.15, -0.1) is 0 Å². The SMILES string of the molecule is CN(CC(O)COc1ccccc1C(F)(F)F)C(=O)NC(C)(C)C. The first-order valence-corrected chi connectivity index (χ1v) is 7.40. The standard InChI is InChI=1S/C16H23F3N2O3/c1-15(2,3)20-14(23)21(4)9-11(22)10-24-13-8-6-5-7-12(13)16(17,18)19/h5-8,11,22H,9-10H2,1-4H3,(H,20,23). The number of benzene rings is 1. The highest BCUT2D eigenvalue weighted by molar-refractivity contribution is 5.74. The Morgan fingerprint density at radius 2 is 1.88 bits per heavy atom. The number of amides is 2. The fourth-order valence-electron chi connectivity index (χ4n) is 1.88. The fourth-order valence-corrected chi connectivity index (χ4v) is 1.88. The number of carbonyl (C=O) groups is 1. The zero-order chi connectivity index (χ0) is 18.5. The summed E-state index contributed by atoms with van der Waals surface area (Å²) < 4.78 is 43.6. The summed E-state index contributed by atoms with van der Waals surface area (Å²) in [6.07, 6.45) is -5.66. The average Bonchev–Trinajstić information content (AvgIpc) is 2.42. The molecule has 0 saturated carbocycles. The third-order valence-corrected chi connectivity index (χ3v) is 2.94. The van der Waals surface area contributed by atoms with Crippen LogP contribution in [0, 0.1) is 0 Å². The summed E-state index contributed by atoms with van der Waals surface area (Å²) in [5.41, 5.74) is -1.34. The quantitative estimate of drug-likeness (QED) is 0.860. The van der Waals surface area contributed by atoms with Crippen molar-refractivity contribution in [1.29, 1.82) is 0 Å². The number of nitrogens with zero attached hydrogens (tertiary/aromatic N) is 1. The molecule has 1 aromatic rings. The Kier molecular flexibility index (Phi) is 6.48. The van der Waals surface area contributed by atoms with Gasteiger partial charge >= 0.3 is 12.2 Å². The lowest BCUT2D eigenvalue weighted by molar-refractivity contribution is -0.139. The first-order valence-electron chi connectivity index (χ1n) is 7.40. The van der Waals surface area contributed by atoms with Gasteiger partial charge in [0.15, 0.2) is 0 Å². The van der Waals surface area contributed by atoms with Crippen molar-refractivity contribution >= 4 is 6.03 Å². The third kappa shape index (κ3) is 6.66. The first-order chi connectivity index (χ1) is 10.9. The minimum Gasteiger partial charge on any atom is -0.490 e. The van der Waals surface area contributed by atoms with Gasteiger partial charge < -0.3 is 20.1 Å². The van der Waals surface area contributed by atoms with Crippen molar-refractivity contribution in [3.63, 3.8) is 0 Å². The maximum absolute atomic E-state index is 12.8. The molecule has 0 aliphatic carbocycles. The van der Waals surface area contributed by atoms with E-state index in [9.17, 15) is 23.1 Å². The predicted octanol–water partition coefficient (Wildman–Crippen LogP) is 2.89. The van der Waals surface area contributed by atoms with Gasteiger partial charge in [-0.05, 0) is 32.9 Å². The Labute approximate surface area is 139 Å². The molecule has 0 bridgehead atoms. The molecule has 0 fully saturated rings. The molecule has 0 aliphatic rings. The van der Waals surface area contributed by atoms with Gasteiger partial charge in [0.2, 0.25) is 0 Å². The maximum atomic E-state index is 12.8. The smallest absolute Gasteiger partial charge is 0.419 e. The fraction of sp³-hybridized carbons (Fsp3) is 0.562. The van der Waals surface area contributed by atoms with Gasteiger partial charge in [0.25, 0.3) is 0 Å². The van der Waals surface area contributed by atoms with Crippen molar-refractivity contribution in [2.45, 2.75) is 38.6 Å². The van der Waals surface area contributed by atoms with Crippen LogP contribution in [-0.2, 0) is 6.18 Å². The van der Waals surface area contributed by atoms with Gasteiger partial charge in [0, 0.05) is 12.6 Å². The molecule has 2 amide bonds. The molecule has 1 aromatic carbocycles. The maximum Gasteiger partial charge on any atom is 0.419 e. The molecule has 1 unspecified atom stereocenters. The number of rotatable bonds is 5. The largest absolute Gasteiger partial charge is 0.490 e. The first kappa shape index (κ1) is 20.1. The number of ether oxygens (including phenoxy) is 1. The lowest BCUT2D eigenvalue weighted by atomic mass is 10.1. The number of hydrogen-bond acceptors (Lipinski definition) is 3. The van der Waals surface area contributed by atoms with Gasteiger partial charge in [-0.25, -0.2) is 4.79 Å². The minimum absolute atomic E-state index is 0.0733. The molecular weight excluding hydrogens is 325 g/mol. The second kappa shape index (κ2) is 7.74. The van der Waals surface area contributed by atoms with Crippen molar-refractivity contribution in [3.8, 4) is 5.75 Å². The third-order valence-electron chi connectivity index (χ3n) is 2.94. The van der Waals surface area contributed by atoms with E-state index in [1.165, 1.54) is 30.1 Å². The lowest BCUT2D eigenvalue weighted by Gasteiger charge is -2.27. The van der Waals surface area contributed by atoms with Crippen LogP contribution in [0.2, 0.25) is 0 Å². The second-order valence-electron chi connectivity index (χ2n) is 6.52. The molecule has 5 nitrogen and oxygen atoms in total. The molecule has 0 heterocycles. The van der Waals surface area contributed by atoms with Gasteiger partial charge in [0.05, 0.1) is 12.1 Å². The van der Waals surface area contributed by atoms with Crippen molar-refractivity contribution in [2.24, 2.45) is 0 Å². The van der Waals surface area contributed by atoms with Crippen LogP contribution in [0.5, 0.6) is 5.75 Å². The predicted molar refractivity (Wildman–Crippen MR) is 83.9 cm³/mol. The molecule has 1 rings (SSSR count). The average molecular weight is 348 g/mol. The normalized spacial score (nSPS) is 13.3. The summed E-state index contributed by atoms with van der Waals surface area (Å²) in [5, 5.41) is 12.6. The molecule has 136 valence electrons. The molecule has 8 heteroatoms. The molecular formula is C16H23F3N2O3. The summed E-state index contributed by atoms with van der Waals surface area (Å²) in [6.45, 7) is 5.00. The van der Waals surface area contributed by atoms with E-state index >= 15 is 0 Å². The number of halogens is 3. The molecule has 0 radical (unpaired) electrons. The van der Waals surface area contributed by atoms with Gasteiger partial charge in [-0.3, -0.25) is 0 Å². The number of likely N-dealkylation sites (N-methyl/N-ethyl adjacent to an activating group) is 1. The molecule has 2 N–H and O–H groups in total. The summed E-state index contributed by atoms with van der Waals surface area (Å²) in [5.74, 6) is -0.356. The van der Waals surface area contributed by atoms with E-state index in [0.717, 1.165) is 6.07 Å². The highest BCUT2D eigenvalue weighted by Crippen LogP contribution is 2.35. The van der Waals surface area contributed by atoms with E-state index in [2.05, 4.69) is 5.32 Å². The molecule has 0 spiro atoms. The Hall–Kier alpha value is -1.96. The van der Waals surface area contributed by atoms with Crippen LogP contribution in [0.25, 0.3) is 0 Å². The lowest BCUT2D eigenvalue weighted by Crippen LogP contribution is -2.49. The highest BCUT2D eigenvalue weighted by atomic mass is 19.4. The molecule has 0 aliphatic heterocycles. The number of para-hydroxylation sites is 1. The number of carbonyl (C=O) groups excluding carboxylic acids is 1. The molecule has 1 atom stereocenters. The number of hydrogen-bond donors (Lipinski definition) is 2. The van der Waals surface area contributed by atoms with Crippen molar-refractivity contribution in [3.05, 3.63) is 29.8 Å². The Balaban J connectivity index is 2.59. The second-order valence-corrected chi connectivity index (χ2v) is 6.52.